The van der Waals surface area contributed by atoms with Crippen molar-refractivity contribution in [2.24, 2.45) is 5.41 Å². The van der Waals surface area contributed by atoms with E-state index >= 15 is 0 Å². The second kappa shape index (κ2) is 8.77. The molecule has 166 valence electrons. The summed E-state index contributed by atoms with van der Waals surface area (Å²) in [4.78, 5) is 13.1. The van der Waals surface area contributed by atoms with Gasteiger partial charge in [0.1, 0.15) is 0 Å². The molecule has 0 bridgehead atoms. The molecule has 2 aromatic carbocycles. The van der Waals surface area contributed by atoms with Gasteiger partial charge in [-0.15, -0.1) is 0 Å². The van der Waals surface area contributed by atoms with Crippen LogP contribution in [-0.4, -0.2) is 31.3 Å². The topological polar surface area (TPSA) is 63.7 Å². The van der Waals surface area contributed by atoms with Gasteiger partial charge in [-0.25, -0.2) is 13.2 Å². The Morgan fingerprint density at radius 3 is 2.26 bits per heavy atom. The van der Waals surface area contributed by atoms with Gasteiger partial charge in [0.2, 0.25) is 10.0 Å². The summed E-state index contributed by atoms with van der Waals surface area (Å²) in [5.41, 5.74) is 1.16. The van der Waals surface area contributed by atoms with Gasteiger partial charge in [-0.1, -0.05) is 68.8 Å². The van der Waals surface area contributed by atoms with Crippen LogP contribution in [0.2, 0.25) is 5.02 Å². The van der Waals surface area contributed by atoms with E-state index in [-0.39, 0.29) is 11.5 Å². The first kappa shape index (κ1) is 23.5. The summed E-state index contributed by atoms with van der Waals surface area (Å²) >= 11 is 6.07. The lowest BCUT2D eigenvalue weighted by Gasteiger charge is -2.37. The molecule has 0 N–H and O–H groups in total. The fraction of sp³-hybridized carbons (Fsp3) is 0.375. The molecule has 2 atom stereocenters. The molecule has 0 amide bonds. The van der Waals surface area contributed by atoms with E-state index in [1.807, 2.05) is 20.8 Å². The fourth-order valence-electron chi connectivity index (χ4n) is 3.88. The van der Waals surface area contributed by atoms with Gasteiger partial charge < -0.3 is 4.74 Å². The molecule has 1 aliphatic heterocycles. The lowest BCUT2D eigenvalue weighted by Crippen LogP contribution is -2.45. The van der Waals surface area contributed by atoms with Crippen LogP contribution in [0.3, 0.4) is 0 Å². The van der Waals surface area contributed by atoms with E-state index in [2.05, 4.69) is 0 Å². The number of hydrogen-bond donors (Lipinski definition) is 0. The van der Waals surface area contributed by atoms with Gasteiger partial charge in [-0.05, 0) is 48.6 Å². The first-order valence-electron chi connectivity index (χ1n) is 10.2. The van der Waals surface area contributed by atoms with E-state index in [4.69, 9.17) is 16.3 Å². The van der Waals surface area contributed by atoms with E-state index in [1.165, 1.54) is 4.31 Å². The van der Waals surface area contributed by atoms with Crippen LogP contribution in [0, 0.1) is 12.3 Å². The number of nitrogens with zero attached hydrogens (tertiary/aromatic N) is 1. The highest BCUT2D eigenvalue weighted by atomic mass is 35.5. The summed E-state index contributed by atoms with van der Waals surface area (Å²) in [7, 11) is -3.95. The fourth-order valence-corrected chi connectivity index (χ4v) is 6.14. The summed E-state index contributed by atoms with van der Waals surface area (Å²) in [5.74, 6) is -0.515. The molecule has 0 spiro atoms. The van der Waals surface area contributed by atoms with Crippen LogP contribution in [0.25, 0.3) is 0 Å². The number of ether oxygens (including phenoxy) is 1. The number of carbonyl (C=O) groups is 1. The predicted molar refractivity (Wildman–Crippen MR) is 122 cm³/mol. The van der Waals surface area contributed by atoms with Crippen molar-refractivity contribution >= 4 is 27.6 Å². The Hall–Kier alpha value is -2.15. The molecule has 0 fully saturated rings. The summed E-state index contributed by atoms with van der Waals surface area (Å²) in [5, 5.41) is 0.532. The van der Waals surface area contributed by atoms with Gasteiger partial charge in [0, 0.05) is 11.1 Å². The number of hydrogen-bond acceptors (Lipinski definition) is 4. The van der Waals surface area contributed by atoms with Crippen LogP contribution in [0.4, 0.5) is 0 Å². The zero-order chi connectivity index (χ0) is 23.0. The Labute approximate surface area is 189 Å². The average Bonchev–Trinajstić information content (AvgIpc) is 3.11. The third kappa shape index (κ3) is 4.56. The second-order valence-electron chi connectivity index (χ2n) is 8.71. The molecule has 0 radical (unpaired) electrons. The minimum Gasteiger partial charge on any atom is -0.463 e. The number of halogens is 1. The highest BCUT2D eigenvalue weighted by Gasteiger charge is 2.50. The minimum absolute atomic E-state index is 0.203. The maximum absolute atomic E-state index is 14.0. The molecular weight excluding hydrogens is 434 g/mol. The molecule has 2 aromatic rings. The Bertz CT molecular complexity index is 1100. The monoisotopic (exact) mass is 461 g/mol. The number of aryl methyl sites for hydroxylation is 1. The van der Waals surface area contributed by atoms with Crippen LogP contribution in [0.1, 0.15) is 44.9 Å². The molecule has 3 rings (SSSR count). The summed E-state index contributed by atoms with van der Waals surface area (Å²) in [6.45, 7) is 9.58. The summed E-state index contributed by atoms with van der Waals surface area (Å²) in [6, 6.07) is 12.4. The van der Waals surface area contributed by atoms with Crippen molar-refractivity contribution in [1.29, 1.82) is 0 Å². The molecule has 2 unspecified atom stereocenters. The van der Waals surface area contributed by atoms with Crippen molar-refractivity contribution in [2.75, 3.05) is 6.61 Å². The van der Waals surface area contributed by atoms with Gasteiger partial charge >= 0.3 is 5.97 Å². The molecule has 7 heteroatoms. The van der Waals surface area contributed by atoms with Crippen molar-refractivity contribution in [3.05, 3.63) is 76.3 Å². The summed E-state index contributed by atoms with van der Waals surface area (Å²) in [6.07, 6.45) is 1.74. The van der Waals surface area contributed by atoms with E-state index in [0.29, 0.717) is 21.7 Å². The molecule has 0 saturated heterocycles. The average molecular weight is 462 g/mol. The second-order valence-corrected chi connectivity index (χ2v) is 11.0. The van der Waals surface area contributed by atoms with Crippen LogP contribution >= 0.6 is 11.6 Å². The van der Waals surface area contributed by atoms with Crippen molar-refractivity contribution in [2.45, 2.75) is 51.6 Å². The summed E-state index contributed by atoms with van der Waals surface area (Å²) < 4.78 is 34.8. The van der Waals surface area contributed by atoms with Crippen molar-refractivity contribution in [1.82, 2.24) is 4.31 Å². The zero-order valence-corrected chi connectivity index (χ0v) is 20.0. The molecular formula is C24H28ClNO4S. The number of carbonyl (C=O) groups excluding carboxylic acids is 1. The Balaban J connectivity index is 2.26. The molecule has 0 aromatic heterocycles. The van der Waals surface area contributed by atoms with Crippen LogP contribution in [0.15, 0.2) is 65.1 Å². The Kier molecular flexibility index (Phi) is 6.65. The first-order chi connectivity index (χ1) is 14.5. The van der Waals surface area contributed by atoms with E-state index in [9.17, 15) is 13.2 Å². The zero-order valence-electron chi connectivity index (χ0n) is 18.4. The molecule has 1 heterocycles. The largest absolute Gasteiger partial charge is 0.463 e. The highest BCUT2D eigenvalue weighted by Crippen LogP contribution is 2.46. The van der Waals surface area contributed by atoms with E-state index in [1.54, 1.807) is 68.5 Å². The lowest BCUT2D eigenvalue weighted by atomic mass is 9.87. The van der Waals surface area contributed by atoms with E-state index < -0.39 is 33.5 Å². The van der Waals surface area contributed by atoms with Gasteiger partial charge in [-0.2, -0.15) is 4.31 Å². The molecule has 31 heavy (non-hydrogen) atoms. The van der Waals surface area contributed by atoms with Gasteiger partial charge in [-0.3, -0.25) is 0 Å². The number of esters is 1. The smallest absolute Gasteiger partial charge is 0.335 e. The van der Waals surface area contributed by atoms with Gasteiger partial charge in [0.25, 0.3) is 0 Å². The molecule has 1 aliphatic rings. The Morgan fingerprint density at radius 1 is 1.10 bits per heavy atom. The first-order valence-corrected chi connectivity index (χ1v) is 12.0. The molecule has 0 saturated carbocycles. The van der Waals surface area contributed by atoms with Crippen molar-refractivity contribution in [3.8, 4) is 0 Å². The van der Waals surface area contributed by atoms with Crippen LogP contribution < -0.4 is 0 Å². The van der Waals surface area contributed by atoms with Crippen molar-refractivity contribution < 1.29 is 17.9 Å². The van der Waals surface area contributed by atoms with Gasteiger partial charge in [0.15, 0.2) is 0 Å². The third-order valence-electron chi connectivity index (χ3n) is 5.39. The van der Waals surface area contributed by atoms with Crippen molar-refractivity contribution in [3.63, 3.8) is 0 Å². The van der Waals surface area contributed by atoms with Crippen LogP contribution in [-0.2, 0) is 19.6 Å². The third-order valence-corrected chi connectivity index (χ3v) is 7.65. The molecule has 5 nitrogen and oxygen atoms in total. The highest BCUT2D eigenvalue weighted by molar-refractivity contribution is 7.89. The SMILES string of the molecule is CCOC(=O)C1=CC(C(C)(C)C)N(S(=O)(=O)c2ccccc2C)C1c1ccc(Cl)cc1. The van der Waals surface area contributed by atoms with Crippen LogP contribution in [0.5, 0.6) is 0 Å². The molecule has 0 aliphatic carbocycles. The normalized spacial score (nSPS) is 19.9. The van der Waals surface area contributed by atoms with E-state index in [0.717, 1.165) is 0 Å². The van der Waals surface area contributed by atoms with Gasteiger partial charge in [0.05, 0.1) is 23.1 Å². The number of rotatable bonds is 5. The maximum atomic E-state index is 14.0. The quantitative estimate of drug-likeness (QED) is 0.567. The lowest BCUT2D eigenvalue weighted by molar-refractivity contribution is -0.138. The predicted octanol–water partition coefficient (Wildman–Crippen LogP) is 5.30. The maximum Gasteiger partial charge on any atom is 0.335 e. The Morgan fingerprint density at radius 2 is 1.71 bits per heavy atom. The number of benzene rings is 2. The minimum atomic E-state index is -3.95. The number of sulfonamides is 1. The standard InChI is InChI=1S/C24H28ClNO4S/c1-6-30-23(27)19-15-21(24(3,4)5)26(22(19)17-11-13-18(25)14-12-17)31(28,29)20-10-8-7-9-16(20)2/h7-15,21-22H,6H2,1-5H3.